The van der Waals surface area contributed by atoms with Crippen molar-refractivity contribution >= 4 is 28.7 Å². The van der Waals surface area contributed by atoms with Gasteiger partial charge in [-0.3, -0.25) is 0 Å². The first-order valence-corrected chi connectivity index (χ1v) is 10.1. The highest BCUT2D eigenvalue weighted by Gasteiger charge is 2.13. The van der Waals surface area contributed by atoms with Gasteiger partial charge >= 0.3 is 0 Å². The molecule has 0 spiro atoms. The second-order valence-electron chi connectivity index (χ2n) is 7.13. The van der Waals surface area contributed by atoms with Crippen LogP contribution in [0.2, 0.25) is 0 Å². The number of halogens is 1. The first-order valence-electron chi connectivity index (χ1n) is 9.66. The zero-order valence-electron chi connectivity index (χ0n) is 17.4. The van der Waals surface area contributed by atoms with Crippen LogP contribution in [0, 0.1) is 5.82 Å². The van der Waals surface area contributed by atoms with Crippen LogP contribution in [0.5, 0.6) is 5.75 Å². The molecular formula is C24H26FN3OS. The molecule has 0 saturated heterocycles. The normalized spacial score (nSPS) is 10.4. The van der Waals surface area contributed by atoms with Crippen molar-refractivity contribution in [1.82, 2.24) is 5.32 Å². The van der Waals surface area contributed by atoms with Crippen molar-refractivity contribution in [3.05, 3.63) is 89.7 Å². The van der Waals surface area contributed by atoms with Crippen molar-refractivity contribution in [1.29, 1.82) is 0 Å². The lowest BCUT2D eigenvalue weighted by Gasteiger charge is -2.27. The molecule has 0 amide bonds. The Balaban J connectivity index is 1.78. The zero-order valence-corrected chi connectivity index (χ0v) is 18.2. The molecule has 0 saturated carbocycles. The molecule has 0 fully saturated rings. The van der Waals surface area contributed by atoms with Crippen LogP contribution in [-0.4, -0.2) is 26.3 Å². The lowest BCUT2D eigenvalue weighted by Crippen LogP contribution is -2.39. The van der Waals surface area contributed by atoms with E-state index < -0.39 is 0 Å². The van der Waals surface area contributed by atoms with E-state index in [1.165, 1.54) is 12.1 Å². The smallest absolute Gasteiger partial charge is 0.174 e. The second kappa shape index (κ2) is 10.1. The number of anilines is 2. The number of benzene rings is 3. The summed E-state index contributed by atoms with van der Waals surface area (Å²) >= 11 is 5.71. The van der Waals surface area contributed by atoms with Gasteiger partial charge in [0, 0.05) is 32.0 Å². The largest absolute Gasteiger partial charge is 0.497 e. The molecular weight excluding hydrogens is 397 g/mol. The van der Waals surface area contributed by atoms with Gasteiger partial charge in [0.1, 0.15) is 11.6 Å². The van der Waals surface area contributed by atoms with Crippen LogP contribution in [0.1, 0.15) is 11.1 Å². The number of methoxy groups -OCH3 is 1. The first-order chi connectivity index (χ1) is 14.5. The SMILES string of the molecule is COc1ccc(N(Cc2ccc(N(C)C)cc2)C(=S)NCc2ccc(F)cc2)cc1. The minimum absolute atomic E-state index is 0.248. The van der Waals surface area contributed by atoms with Gasteiger partial charge in [0.2, 0.25) is 0 Å². The van der Waals surface area contributed by atoms with Crippen molar-refractivity contribution in [2.24, 2.45) is 0 Å². The Morgan fingerprint density at radius 1 is 0.867 bits per heavy atom. The predicted octanol–water partition coefficient (Wildman–Crippen LogP) is 4.98. The van der Waals surface area contributed by atoms with Crippen molar-refractivity contribution in [3.8, 4) is 5.75 Å². The van der Waals surface area contributed by atoms with E-state index in [0.29, 0.717) is 18.2 Å². The molecule has 0 unspecified atom stereocenters. The molecule has 0 bridgehead atoms. The molecule has 6 heteroatoms. The maximum atomic E-state index is 13.1. The standard InChI is InChI=1S/C24H26FN3OS/c1-27(2)21-10-6-19(7-11-21)17-28(22-12-14-23(29-3)15-13-22)24(30)26-16-18-4-8-20(25)9-5-18/h4-15H,16-17H2,1-3H3,(H,26,30). The van der Waals surface area contributed by atoms with Gasteiger partial charge in [-0.15, -0.1) is 0 Å². The van der Waals surface area contributed by atoms with Crippen molar-refractivity contribution in [3.63, 3.8) is 0 Å². The van der Waals surface area contributed by atoms with Gasteiger partial charge in [-0.1, -0.05) is 24.3 Å². The molecule has 3 rings (SSSR count). The van der Waals surface area contributed by atoms with E-state index >= 15 is 0 Å². The lowest BCUT2D eigenvalue weighted by atomic mass is 10.1. The molecule has 3 aromatic carbocycles. The molecule has 0 aliphatic rings. The summed E-state index contributed by atoms with van der Waals surface area (Å²) in [6, 6.07) is 22.6. The number of nitrogens with zero attached hydrogens (tertiary/aromatic N) is 2. The van der Waals surface area contributed by atoms with Crippen LogP contribution in [0.4, 0.5) is 15.8 Å². The summed E-state index contributed by atoms with van der Waals surface area (Å²) in [6.45, 7) is 1.14. The molecule has 30 heavy (non-hydrogen) atoms. The quantitative estimate of drug-likeness (QED) is 0.541. The summed E-state index contributed by atoms with van der Waals surface area (Å²) in [5, 5.41) is 3.89. The van der Waals surface area contributed by atoms with E-state index in [1.807, 2.05) is 43.3 Å². The highest BCUT2D eigenvalue weighted by atomic mass is 32.1. The summed E-state index contributed by atoms with van der Waals surface area (Å²) in [5.41, 5.74) is 4.21. The number of ether oxygens (including phenoxy) is 1. The van der Waals surface area contributed by atoms with E-state index in [4.69, 9.17) is 17.0 Å². The van der Waals surface area contributed by atoms with Crippen LogP contribution >= 0.6 is 12.2 Å². The van der Waals surface area contributed by atoms with Gasteiger partial charge < -0.3 is 19.9 Å². The van der Waals surface area contributed by atoms with Crippen molar-refractivity contribution in [2.45, 2.75) is 13.1 Å². The third kappa shape index (κ3) is 5.70. The van der Waals surface area contributed by atoms with Gasteiger partial charge in [-0.05, 0) is 71.9 Å². The third-order valence-corrected chi connectivity index (χ3v) is 5.14. The van der Waals surface area contributed by atoms with Gasteiger partial charge in [0.15, 0.2) is 5.11 Å². The fourth-order valence-corrected chi connectivity index (χ4v) is 3.24. The minimum Gasteiger partial charge on any atom is -0.497 e. The van der Waals surface area contributed by atoms with E-state index in [1.54, 1.807) is 19.2 Å². The second-order valence-corrected chi connectivity index (χ2v) is 7.52. The summed E-state index contributed by atoms with van der Waals surface area (Å²) in [5.74, 6) is 0.543. The summed E-state index contributed by atoms with van der Waals surface area (Å²) in [6.07, 6.45) is 0. The molecule has 0 radical (unpaired) electrons. The zero-order chi connectivity index (χ0) is 21.5. The first kappa shape index (κ1) is 21.6. The number of nitrogens with one attached hydrogen (secondary N) is 1. The Bertz CT molecular complexity index is 957. The van der Waals surface area contributed by atoms with Gasteiger partial charge in [0.25, 0.3) is 0 Å². The van der Waals surface area contributed by atoms with Gasteiger partial charge in [0.05, 0.1) is 13.7 Å². The van der Waals surface area contributed by atoms with Crippen LogP contribution in [0.3, 0.4) is 0 Å². The van der Waals surface area contributed by atoms with Gasteiger partial charge in [-0.25, -0.2) is 4.39 Å². The Morgan fingerprint density at radius 2 is 1.43 bits per heavy atom. The fraction of sp³-hybridized carbons (Fsp3) is 0.208. The summed E-state index contributed by atoms with van der Waals surface area (Å²) in [7, 11) is 5.69. The number of thiocarbonyl (C=S) groups is 1. The summed E-state index contributed by atoms with van der Waals surface area (Å²) < 4.78 is 18.4. The van der Waals surface area contributed by atoms with E-state index in [9.17, 15) is 4.39 Å². The van der Waals surface area contributed by atoms with E-state index in [2.05, 4.69) is 34.5 Å². The average molecular weight is 424 g/mol. The Hall–Kier alpha value is -3.12. The molecule has 3 aromatic rings. The molecule has 4 nitrogen and oxygen atoms in total. The van der Waals surface area contributed by atoms with E-state index in [-0.39, 0.29) is 5.82 Å². The number of rotatable bonds is 7. The average Bonchev–Trinajstić information content (AvgIpc) is 2.77. The van der Waals surface area contributed by atoms with Crippen molar-refractivity contribution < 1.29 is 9.13 Å². The summed E-state index contributed by atoms with van der Waals surface area (Å²) in [4.78, 5) is 4.11. The van der Waals surface area contributed by atoms with Crippen LogP contribution in [0.25, 0.3) is 0 Å². The third-order valence-electron chi connectivity index (χ3n) is 4.78. The minimum atomic E-state index is -0.248. The molecule has 0 atom stereocenters. The fourth-order valence-electron chi connectivity index (χ4n) is 3.00. The molecule has 0 heterocycles. The molecule has 0 aromatic heterocycles. The maximum Gasteiger partial charge on any atom is 0.174 e. The molecule has 0 aliphatic heterocycles. The van der Waals surface area contributed by atoms with Crippen LogP contribution < -0.4 is 19.9 Å². The Morgan fingerprint density at radius 3 is 2.00 bits per heavy atom. The Kier molecular flexibility index (Phi) is 7.25. The van der Waals surface area contributed by atoms with E-state index in [0.717, 1.165) is 28.3 Å². The highest BCUT2D eigenvalue weighted by molar-refractivity contribution is 7.80. The molecule has 156 valence electrons. The number of hydrogen-bond acceptors (Lipinski definition) is 3. The maximum absolute atomic E-state index is 13.1. The Labute approximate surface area is 182 Å². The topological polar surface area (TPSA) is 27.7 Å². The monoisotopic (exact) mass is 423 g/mol. The molecule has 0 aliphatic carbocycles. The predicted molar refractivity (Wildman–Crippen MR) is 126 cm³/mol. The van der Waals surface area contributed by atoms with Crippen molar-refractivity contribution in [2.75, 3.05) is 31.0 Å². The van der Waals surface area contributed by atoms with Crippen LogP contribution in [0.15, 0.2) is 72.8 Å². The number of hydrogen-bond donors (Lipinski definition) is 1. The molecule has 1 N–H and O–H groups in total. The highest BCUT2D eigenvalue weighted by Crippen LogP contribution is 2.22. The lowest BCUT2D eigenvalue weighted by molar-refractivity contribution is 0.415. The van der Waals surface area contributed by atoms with Crippen LogP contribution in [-0.2, 0) is 13.1 Å². The van der Waals surface area contributed by atoms with Gasteiger partial charge in [-0.2, -0.15) is 0 Å².